The van der Waals surface area contributed by atoms with E-state index in [0.717, 1.165) is 12.5 Å². The van der Waals surface area contributed by atoms with E-state index < -0.39 is 0 Å². The van der Waals surface area contributed by atoms with Gasteiger partial charge in [-0.3, -0.25) is 4.90 Å². The maximum absolute atomic E-state index is 12.9. The molecule has 3 rings (SSSR count). The van der Waals surface area contributed by atoms with Crippen molar-refractivity contribution >= 4 is 0 Å². The van der Waals surface area contributed by atoms with E-state index in [9.17, 15) is 4.39 Å². The van der Waals surface area contributed by atoms with Crippen molar-refractivity contribution in [2.24, 2.45) is 0 Å². The molecule has 2 heterocycles. The maximum atomic E-state index is 12.9. The van der Waals surface area contributed by atoms with Crippen LogP contribution >= 0.6 is 0 Å². The fraction of sp³-hybridized carbons (Fsp3) is 0.625. The number of rotatable bonds is 3. The third kappa shape index (κ3) is 3.15. The van der Waals surface area contributed by atoms with Crippen LogP contribution in [0.4, 0.5) is 4.39 Å². The van der Waals surface area contributed by atoms with Crippen LogP contribution < -0.4 is 5.32 Å². The molecule has 2 aliphatic heterocycles. The van der Waals surface area contributed by atoms with Gasteiger partial charge in [0.15, 0.2) is 0 Å². The molecule has 0 radical (unpaired) electrons. The molecule has 3 atom stereocenters. The number of hydrogen-bond donors (Lipinski definition) is 1. The smallest absolute Gasteiger partial charge is 0.123 e. The molecule has 0 aromatic heterocycles. The molecule has 3 unspecified atom stereocenters. The van der Waals surface area contributed by atoms with Crippen molar-refractivity contribution in [3.8, 4) is 0 Å². The molecule has 1 N–H and O–H groups in total. The number of likely N-dealkylation sites (tertiary alicyclic amines) is 1. The van der Waals surface area contributed by atoms with Crippen molar-refractivity contribution < 1.29 is 4.39 Å². The summed E-state index contributed by atoms with van der Waals surface area (Å²) in [6.07, 6.45) is 4.96. The van der Waals surface area contributed by atoms with Gasteiger partial charge in [-0.15, -0.1) is 0 Å². The van der Waals surface area contributed by atoms with Crippen LogP contribution in [-0.2, 0) is 6.42 Å². The number of fused-ring (bicyclic) bond motifs is 2. The van der Waals surface area contributed by atoms with Crippen molar-refractivity contribution in [1.82, 2.24) is 10.2 Å². The normalized spacial score (nSPS) is 29.2. The van der Waals surface area contributed by atoms with Crippen LogP contribution in [0.5, 0.6) is 0 Å². The van der Waals surface area contributed by atoms with Crippen molar-refractivity contribution in [2.45, 2.75) is 50.7 Å². The summed E-state index contributed by atoms with van der Waals surface area (Å²) in [5, 5.41) is 3.72. The Kier molecular flexibility index (Phi) is 3.85. The maximum Gasteiger partial charge on any atom is 0.123 e. The highest BCUT2D eigenvalue weighted by molar-refractivity contribution is 5.17. The second-order valence-corrected chi connectivity index (χ2v) is 6.10. The molecule has 2 nitrogen and oxygen atoms in total. The number of benzene rings is 1. The predicted molar refractivity (Wildman–Crippen MR) is 75.7 cm³/mol. The molecule has 2 fully saturated rings. The second-order valence-electron chi connectivity index (χ2n) is 6.10. The highest BCUT2D eigenvalue weighted by Crippen LogP contribution is 2.22. The Morgan fingerprint density at radius 1 is 1.21 bits per heavy atom. The fourth-order valence-electron chi connectivity index (χ4n) is 3.46. The molecule has 19 heavy (non-hydrogen) atoms. The largest absolute Gasteiger partial charge is 0.310 e. The zero-order chi connectivity index (χ0) is 13.2. The third-order valence-corrected chi connectivity index (χ3v) is 4.62. The molecule has 0 spiro atoms. The number of hydrogen-bond acceptors (Lipinski definition) is 2. The molecule has 3 heteroatoms. The van der Waals surface area contributed by atoms with Crippen LogP contribution in [0.3, 0.4) is 0 Å². The number of nitrogens with zero attached hydrogens (tertiary/aromatic N) is 1. The van der Waals surface area contributed by atoms with Gasteiger partial charge in [-0.05, 0) is 56.8 Å². The van der Waals surface area contributed by atoms with Gasteiger partial charge < -0.3 is 5.32 Å². The summed E-state index contributed by atoms with van der Waals surface area (Å²) < 4.78 is 12.9. The van der Waals surface area contributed by atoms with Crippen LogP contribution in [0.2, 0.25) is 0 Å². The van der Waals surface area contributed by atoms with Gasteiger partial charge in [0.1, 0.15) is 5.82 Å². The molecule has 1 aromatic rings. The zero-order valence-electron chi connectivity index (χ0n) is 11.6. The molecule has 2 bridgehead atoms. The van der Waals surface area contributed by atoms with Crippen molar-refractivity contribution in [1.29, 1.82) is 0 Å². The van der Waals surface area contributed by atoms with Gasteiger partial charge >= 0.3 is 0 Å². The second kappa shape index (κ2) is 5.59. The van der Waals surface area contributed by atoms with Crippen LogP contribution in [0.15, 0.2) is 24.3 Å². The zero-order valence-corrected chi connectivity index (χ0v) is 11.6. The first-order chi connectivity index (χ1) is 9.20. The molecule has 1 aromatic carbocycles. The quantitative estimate of drug-likeness (QED) is 0.900. The first kappa shape index (κ1) is 13.1. The van der Waals surface area contributed by atoms with Gasteiger partial charge in [-0.2, -0.15) is 0 Å². The summed E-state index contributed by atoms with van der Waals surface area (Å²) in [5.74, 6) is -0.146. The number of nitrogens with one attached hydrogen (secondary N) is 1. The molecule has 0 amide bonds. The SMILES string of the molecule is CC(Cc1ccc(F)cc1)N1CCC2CCC(C1)N2. The van der Waals surface area contributed by atoms with Gasteiger partial charge in [0.25, 0.3) is 0 Å². The van der Waals surface area contributed by atoms with E-state index in [1.54, 1.807) is 12.1 Å². The van der Waals surface area contributed by atoms with E-state index in [1.807, 2.05) is 12.1 Å². The van der Waals surface area contributed by atoms with Gasteiger partial charge in [0.2, 0.25) is 0 Å². The van der Waals surface area contributed by atoms with Crippen LogP contribution in [0.25, 0.3) is 0 Å². The monoisotopic (exact) mass is 262 g/mol. The van der Waals surface area contributed by atoms with Gasteiger partial charge in [0, 0.05) is 24.7 Å². The topological polar surface area (TPSA) is 15.3 Å². The van der Waals surface area contributed by atoms with E-state index in [0.29, 0.717) is 12.1 Å². The Bertz CT molecular complexity index is 417. The van der Waals surface area contributed by atoms with E-state index in [1.165, 1.54) is 37.9 Å². The van der Waals surface area contributed by atoms with Crippen LogP contribution in [-0.4, -0.2) is 36.1 Å². The van der Waals surface area contributed by atoms with Crippen molar-refractivity contribution in [3.63, 3.8) is 0 Å². The molecule has 2 saturated heterocycles. The molecule has 0 aliphatic carbocycles. The summed E-state index contributed by atoms with van der Waals surface area (Å²) in [4.78, 5) is 2.60. The summed E-state index contributed by atoms with van der Waals surface area (Å²) in [6, 6.07) is 8.91. The van der Waals surface area contributed by atoms with Gasteiger partial charge in [-0.1, -0.05) is 12.1 Å². The first-order valence-electron chi connectivity index (χ1n) is 7.45. The number of halogens is 1. The lowest BCUT2D eigenvalue weighted by atomic mass is 10.0. The van der Waals surface area contributed by atoms with E-state index in [2.05, 4.69) is 17.1 Å². The minimum Gasteiger partial charge on any atom is -0.310 e. The Balaban J connectivity index is 1.60. The summed E-state index contributed by atoms with van der Waals surface area (Å²) in [7, 11) is 0. The van der Waals surface area contributed by atoms with E-state index >= 15 is 0 Å². The average molecular weight is 262 g/mol. The summed E-state index contributed by atoms with van der Waals surface area (Å²) >= 11 is 0. The fourth-order valence-corrected chi connectivity index (χ4v) is 3.46. The van der Waals surface area contributed by atoms with Gasteiger partial charge in [-0.25, -0.2) is 4.39 Å². The third-order valence-electron chi connectivity index (χ3n) is 4.62. The minimum atomic E-state index is -0.146. The predicted octanol–water partition coefficient (Wildman–Crippen LogP) is 2.58. The summed E-state index contributed by atoms with van der Waals surface area (Å²) in [5.41, 5.74) is 1.23. The van der Waals surface area contributed by atoms with Gasteiger partial charge in [0.05, 0.1) is 0 Å². The Morgan fingerprint density at radius 2 is 1.95 bits per heavy atom. The molecule has 104 valence electrons. The molecular weight excluding hydrogens is 239 g/mol. The lowest BCUT2D eigenvalue weighted by molar-refractivity contribution is 0.197. The summed E-state index contributed by atoms with van der Waals surface area (Å²) in [6.45, 7) is 4.65. The standard InChI is InChI=1S/C16H23FN2/c1-12(10-13-2-4-14(17)5-3-13)19-9-8-15-6-7-16(11-19)18-15/h2-5,12,15-16,18H,6-11H2,1H3. The first-order valence-corrected chi connectivity index (χ1v) is 7.45. The molecule has 2 aliphatic rings. The van der Waals surface area contributed by atoms with E-state index in [-0.39, 0.29) is 5.82 Å². The minimum absolute atomic E-state index is 0.146. The Morgan fingerprint density at radius 3 is 2.74 bits per heavy atom. The van der Waals surface area contributed by atoms with Crippen LogP contribution in [0, 0.1) is 5.82 Å². The van der Waals surface area contributed by atoms with Crippen molar-refractivity contribution in [2.75, 3.05) is 13.1 Å². The van der Waals surface area contributed by atoms with Crippen LogP contribution in [0.1, 0.15) is 31.7 Å². The Labute approximate surface area is 115 Å². The highest BCUT2D eigenvalue weighted by atomic mass is 19.1. The lowest BCUT2D eigenvalue weighted by Crippen LogP contribution is -2.41. The van der Waals surface area contributed by atoms with E-state index in [4.69, 9.17) is 0 Å². The Hall–Kier alpha value is -0.930. The molecule has 0 saturated carbocycles. The average Bonchev–Trinajstić information content (AvgIpc) is 2.71. The molecular formula is C16H23FN2. The lowest BCUT2D eigenvalue weighted by Gasteiger charge is -2.30. The highest BCUT2D eigenvalue weighted by Gasteiger charge is 2.30. The van der Waals surface area contributed by atoms with Crippen molar-refractivity contribution in [3.05, 3.63) is 35.6 Å².